The van der Waals surface area contributed by atoms with Gasteiger partial charge < -0.3 is 10.1 Å². The number of carbonyl (C=O) groups excluding carboxylic acids is 1. The van der Waals surface area contributed by atoms with Crippen LogP contribution in [0.15, 0.2) is 12.1 Å². The van der Waals surface area contributed by atoms with E-state index in [4.69, 9.17) is 4.74 Å². The molecule has 1 aromatic heterocycles. The Balaban J connectivity index is 2.06. The van der Waals surface area contributed by atoms with Gasteiger partial charge in [-0.25, -0.2) is 4.98 Å². The van der Waals surface area contributed by atoms with E-state index in [1.807, 2.05) is 19.9 Å². The predicted molar refractivity (Wildman–Crippen MR) is 64.9 cm³/mol. The van der Waals surface area contributed by atoms with Crippen LogP contribution in [-0.2, 0) is 4.74 Å². The van der Waals surface area contributed by atoms with Gasteiger partial charge in [-0.2, -0.15) is 0 Å². The van der Waals surface area contributed by atoms with Crippen molar-refractivity contribution in [2.75, 3.05) is 13.2 Å². The van der Waals surface area contributed by atoms with Crippen LogP contribution in [0, 0.1) is 19.8 Å². The van der Waals surface area contributed by atoms with E-state index in [1.54, 1.807) is 6.07 Å². The molecule has 2 unspecified atom stereocenters. The lowest BCUT2D eigenvalue weighted by Crippen LogP contribution is -2.39. The summed E-state index contributed by atoms with van der Waals surface area (Å²) in [4.78, 5) is 16.3. The zero-order valence-electron chi connectivity index (χ0n) is 10.5. The van der Waals surface area contributed by atoms with Crippen molar-refractivity contribution in [2.45, 2.75) is 26.8 Å². The predicted octanol–water partition coefficient (Wildman–Crippen LogP) is 1.46. The van der Waals surface area contributed by atoms with Crippen LogP contribution >= 0.6 is 0 Å². The van der Waals surface area contributed by atoms with Crippen molar-refractivity contribution in [2.24, 2.45) is 5.92 Å². The van der Waals surface area contributed by atoms with Crippen molar-refractivity contribution in [1.82, 2.24) is 10.3 Å². The molecule has 0 radical (unpaired) electrons. The lowest BCUT2D eigenvalue weighted by Gasteiger charge is -2.15. The molecule has 0 aliphatic carbocycles. The minimum Gasteiger partial charge on any atom is -0.379 e. The van der Waals surface area contributed by atoms with Crippen LogP contribution in [0.4, 0.5) is 0 Å². The van der Waals surface area contributed by atoms with E-state index >= 15 is 0 Å². The SMILES string of the molecule is Cc1ccc(C(=O)NC2COCC2C)nc1C. The molecule has 1 aliphatic heterocycles. The van der Waals surface area contributed by atoms with E-state index in [0.717, 1.165) is 11.3 Å². The number of aromatic nitrogens is 1. The summed E-state index contributed by atoms with van der Waals surface area (Å²) < 4.78 is 5.31. The third-order valence-electron chi connectivity index (χ3n) is 3.26. The standard InChI is InChI=1S/C13H18N2O2/c1-8-4-5-11(14-10(8)3)13(16)15-12-7-17-6-9(12)2/h4-5,9,12H,6-7H2,1-3H3,(H,15,16). The average molecular weight is 234 g/mol. The van der Waals surface area contributed by atoms with E-state index in [0.29, 0.717) is 24.8 Å². The van der Waals surface area contributed by atoms with Crippen molar-refractivity contribution in [3.8, 4) is 0 Å². The van der Waals surface area contributed by atoms with Gasteiger partial charge in [-0.3, -0.25) is 4.79 Å². The zero-order valence-corrected chi connectivity index (χ0v) is 10.5. The molecule has 1 aliphatic rings. The number of hydrogen-bond donors (Lipinski definition) is 1. The van der Waals surface area contributed by atoms with Gasteiger partial charge in [-0.1, -0.05) is 13.0 Å². The van der Waals surface area contributed by atoms with Gasteiger partial charge in [0.2, 0.25) is 0 Å². The number of nitrogens with one attached hydrogen (secondary N) is 1. The number of aryl methyl sites for hydroxylation is 2. The maximum Gasteiger partial charge on any atom is 0.270 e. The highest BCUT2D eigenvalue weighted by molar-refractivity contribution is 5.92. The fourth-order valence-electron chi connectivity index (χ4n) is 1.84. The normalized spacial score (nSPS) is 23.7. The van der Waals surface area contributed by atoms with Crippen LogP contribution in [0.2, 0.25) is 0 Å². The lowest BCUT2D eigenvalue weighted by atomic mass is 10.1. The number of ether oxygens (including phenoxy) is 1. The Morgan fingerprint density at radius 1 is 1.41 bits per heavy atom. The monoisotopic (exact) mass is 234 g/mol. The Morgan fingerprint density at radius 2 is 2.18 bits per heavy atom. The van der Waals surface area contributed by atoms with E-state index in [-0.39, 0.29) is 11.9 Å². The summed E-state index contributed by atoms with van der Waals surface area (Å²) in [5.74, 6) is 0.251. The average Bonchev–Trinajstić information content (AvgIpc) is 2.68. The Kier molecular flexibility index (Phi) is 3.43. The van der Waals surface area contributed by atoms with Crippen molar-refractivity contribution in [1.29, 1.82) is 0 Å². The second-order valence-electron chi connectivity index (χ2n) is 4.69. The number of hydrogen-bond acceptors (Lipinski definition) is 3. The highest BCUT2D eigenvalue weighted by Gasteiger charge is 2.26. The van der Waals surface area contributed by atoms with E-state index in [1.165, 1.54) is 0 Å². The third kappa shape index (κ3) is 2.64. The largest absolute Gasteiger partial charge is 0.379 e. The topological polar surface area (TPSA) is 51.2 Å². The molecule has 1 amide bonds. The highest BCUT2D eigenvalue weighted by atomic mass is 16.5. The van der Waals surface area contributed by atoms with Crippen LogP contribution < -0.4 is 5.32 Å². The van der Waals surface area contributed by atoms with Crippen LogP contribution in [0.3, 0.4) is 0 Å². The summed E-state index contributed by atoms with van der Waals surface area (Å²) in [6, 6.07) is 3.79. The molecular formula is C13H18N2O2. The molecule has 2 heterocycles. The molecule has 2 rings (SSSR count). The molecule has 4 nitrogen and oxygen atoms in total. The molecule has 1 N–H and O–H groups in total. The van der Waals surface area contributed by atoms with E-state index < -0.39 is 0 Å². The van der Waals surface area contributed by atoms with Crippen molar-refractivity contribution in [3.05, 3.63) is 29.1 Å². The van der Waals surface area contributed by atoms with Crippen molar-refractivity contribution >= 4 is 5.91 Å². The molecule has 1 aromatic rings. The Bertz CT molecular complexity index is 431. The van der Waals surface area contributed by atoms with Gasteiger partial charge in [0.25, 0.3) is 5.91 Å². The fourth-order valence-corrected chi connectivity index (χ4v) is 1.84. The van der Waals surface area contributed by atoms with Crippen LogP contribution in [0.25, 0.3) is 0 Å². The Hall–Kier alpha value is -1.42. The van der Waals surface area contributed by atoms with Crippen molar-refractivity contribution < 1.29 is 9.53 Å². The zero-order chi connectivity index (χ0) is 12.4. The molecule has 92 valence electrons. The fraction of sp³-hybridized carbons (Fsp3) is 0.538. The number of amides is 1. The number of rotatable bonds is 2. The maximum absolute atomic E-state index is 12.0. The lowest BCUT2D eigenvalue weighted by molar-refractivity contribution is 0.0920. The summed E-state index contributed by atoms with van der Waals surface area (Å²) in [5.41, 5.74) is 2.47. The summed E-state index contributed by atoms with van der Waals surface area (Å²) >= 11 is 0. The van der Waals surface area contributed by atoms with Crippen molar-refractivity contribution in [3.63, 3.8) is 0 Å². The molecule has 4 heteroatoms. The van der Waals surface area contributed by atoms with Gasteiger partial charge in [0.05, 0.1) is 19.3 Å². The van der Waals surface area contributed by atoms with E-state index in [9.17, 15) is 4.79 Å². The number of pyridine rings is 1. The van der Waals surface area contributed by atoms with Gasteiger partial charge >= 0.3 is 0 Å². The summed E-state index contributed by atoms with van der Waals surface area (Å²) in [6.07, 6.45) is 0. The van der Waals surface area contributed by atoms with Gasteiger partial charge in [0.1, 0.15) is 5.69 Å². The number of carbonyl (C=O) groups is 1. The quantitative estimate of drug-likeness (QED) is 0.843. The smallest absolute Gasteiger partial charge is 0.270 e. The van der Waals surface area contributed by atoms with Gasteiger partial charge in [0.15, 0.2) is 0 Å². The Labute approximate surface area is 101 Å². The van der Waals surface area contributed by atoms with Gasteiger partial charge in [-0.05, 0) is 25.5 Å². The van der Waals surface area contributed by atoms with Crippen LogP contribution in [0.1, 0.15) is 28.7 Å². The molecule has 0 aromatic carbocycles. The first-order valence-corrected chi connectivity index (χ1v) is 5.91. The maximum atomic E-state index is 12.0. The second kappa shape index (κ2) is 4.84. The Morgan fingerprint density at radius 3 is 2.76 bits per heavy atom. The first kappa shape index (κ1) is 12.0. The number of nitrogens with zero attached hydrogens (tertiary/aromatic N) is 1. The molecule has 0 spiro atoms. The van der Waals surface area contributed by atoms with Gasteiger partial charge in [-0.15, -0.1) is 0 Å². The summed E-state index contributed by atoms with van der Waals surface area (Å²) in [6.45, 7) is 7.28. The summed E-state index contributed by atoms with van der Waals surface area (Å²) in [5, 5.41) is 2.97. The molecule has 1 saturated heterocycles. The molecule has 0 saturated carbocycles. The highest BCUT2D eigenvalue weighted by Crippen LogP contribution is 2.13. The minimum atomic E-state index is -0.115. The third-order valence-corrected chi connectivity index (χ3v) is 3.26. The molecular weight excluding hydrogens is 216 g/mol. The molecule has 2 atom stereocenters. The molecule has 17 heavy (non-hydrogen) atoms. The van der Waals surface area contributed by atoms with E-state index in [2.05, 4.69) is 17.2 Å². The van der Waals surface area contributed by atoms with Crippen LogP contribution in [0.5, 0.6) is 0 Å². The van der Waals surface area contributed by atoms with Gasteiger partial charge in [0, 0.05) is 11.6 Å². The first-order valence-electron chi connectivity index (χ1n) is 5.91. The molecule has 0 bridgehead atoms. The second-order valence-corrected chi connectivity index (χ2v) is 4.69. The minimum absolute atomic E-state index is 0.103. The first-order chi connectivity index (χ1) is 8.08. The summed E-state index contributed by atoms with van der Waals surface area (Å²) in [7, 11) is 0. The van der Waals surface area contributed by atoms with Crippen LogP contribution in [-0.4, -0.2) is 30.1 Å². The molecule has 1 fully saturated rings.